The summed E-state index contributed by atoms with van der Waals surface area (Å²) < 4.78 is 9.42. The highest BCUT2D eigenvalue weighted by Gasteiger charge is 2.49. The van der Waals surface area contributed by atoms with E-state index in [-0.39, 0.29) is 0 Å². The number of nitrogens with zero attached hydrogens (tertiary/aromatic N) is 2. The minimum absolute atomic E-state index is 0.662. The van der Waals surface area contributed by atoms with Gasteiger partial charge in [-0.25, -0.2) is 0 Å². The molecule has 1 aliphatic carbocycles. The molecule has 64 heavy (non-hydrogen) atoms. The molecule has 1 aliphatic heterocycles. The van der Waals surface area contributed by atoms with Crippen molar-refractivity contribution in [2.24, 2.45) is 0 Å². The van der Waals surface area contributed by atoms with Crippen LogP contribution in [0, 0.1) is 0 Å². The van der Waals surface area contributed by atoms with Gasteiger partial charge in [-0.1, -0.05) is 170 Å². The van der Waals surface area contributed by atoms with Crippen LogP contribution in [-0.2, 0) is 5.41 Å². The molecule has 1 aromatic heterocycles. The highest BCUT2D eigenvalue weighted by molar-refractivity contribution is 6.13. The SMILES string of the molecule is c1ccc2c(c1)Oc1ccc(N(c3ccc4c(c3)c3ccccc3n4-c3cccc4ccccc34)c3cccc4ccccc34)cc1C21c2ccccc2-c2cccc3cccc1c23. The lowest BCUT2D eigenvalue weighted by Crippen LogP contribution is -2.36. The Labute approximate surface area is 370 Å². The van der Waals surface area contributed by atoms with Gasteiger partial charge in [0.05, 0.1) is 27.8 Å². The first-order chi connectivity index (χ1) is 31.8. The zero-order chi connectivity index (χ0) is 41.9. The molecule has 11 aromatic carbocycles. The van der Waals surface area contributed by atoms with Crippen molar-refractivity contribution in [2.75, 3.05) is 4.90 Å². The predicted molar refractivity (Wildman–Crippen MR) is 265 cm³/mol. The first kappa shape index (κ1) is 35.2. The smallest absolute Gasteiger partial charge is 0.132 e. The number of anilines is 3. The molecule has 1 atom stereocenters. The summed E-state index contributed by atoms with van der Waals surface area (Å²) in [6.07, 6.45) is 0. The van der Waals surface area contributed by atoms with Crippen molar-refractivity contribution in [1.82, 2.24) is 4.57 Å². The van der Waals surface area contributed by atoms with Gasteiger partial charge in [0.25, 0.3) is 0 Å². The van der Waals surface area contributed by atoms with Gasteiger partial charge in [0, 0.05) is 44.0 Å². The lowest BCUT2D eigenvalue weighted by molar-refractivity contribution is 0.435. The normalized spacial score (nSPS) is 14.8. The van der Waals surface area contributed by atoms with E-state index < -0.39 is 5.41 Å². The Bertz CT molecular complexity index is 3900. The van der Waals surface area contributed by atoms with Gasteiger partial charge in [0.1, 0.15) is 11.5 Å². The predicted octanol–water partition coefficient (Wildman–Crippen LogP) is 16.2. The maximum atomic E-state index is 6.98. The summed E-state index contributed by atoms with van der Waals surface area (Å²) in [4.78, 5) is 2.46. The van der Waals surface area contributed by atoms with Crippen molar-refractivity contribution in [3.8, 4) is 28.3 Å². The number of aromatic nitrogens is 1. The van der Waals surface area contributed by atoms with Gasteiger partial charge in [-0.15, -0.1) is 0 Å². The molecule has 0 saturated heterocycles. The summed E-state index contributed by atoms with van der Waals surface area (Å²) >= 11 is 0. The topological polar surface area (TPSA) is 17.4 Å². The zero-order valence-corrected chi connectivity index (χ0v) is 34.7. The van der Waals surface area contributed by atoms with E-state index in [1.54, 1.807) is 0 Å². The number of fused-ring (bicyclic) bond motifs is 13. The highest BCUT2D eigenvalue weighted by atomic mass is 16.5. The Hall–Kier alpha value is -8.40. The molecule has 0 saturated carbocycles. The molecule has 1 spiro atoms. The van der Waals surface area contributed by atoms with Crippen LogP contribution in [-0.4, -0.2) is 4.57 Å². The molecular weight excluding hydrogens is 777 g/mol. The minimum Gasteiger partial charge on any atom is -0.457 e. The third-order valence-corrected chi connectivity index (χ3v) is 14.0. The number of rotatable bonds is 4. The number of hydrogen-bond acceptors (Lipinski definition) is 2. The summed E-state index contributed by atoms with van der Waals surface area (Å²) in [5.74, 6) is 1.74. The van der Waals surface area contributed by atoms with Gasteiger partial charge in [-0.2, -0.15) is 0 Å². The van der Waals surface area contributed by atoms with Crippen molar-refractivity contribution >= 4 is 71.2 Å². The van der Waals surface area contributed by atoms with E-state index in [4.69, 9.17) is 4.74 Å². The second-order valence-electron chi connectivity index (χ2n) is 17.2. The maximum absolute atomic E-state index is 6.98. The second-order valence-corrected chi connectivity index (χ2v) is 17.2. The van der Waals surface area contributed by atoms with Crippen LogP contribution in [0.4, 0.5) is 17.1 Å². The van der Waals surface area contributed by atoms with E-state index in [9.17, 15) is 0 Å². The molecule has 3 nitrogen and oxygen atoms in total. The molecule has 0 radical (unpaired) electrons. The molecule has 0 amide bonds. The fraction of sp³-hybridized carbons (Fsp3) is 0.0164. The Kier molecular flexibility index (Phi) is 7.32. The number of ether oxygens (including phenoxy) is 1. The Morgan fingerprint density at radius 3 is 1.83 bits per heavy atom. The van der Waals surface area contributed by atoms with Crippen LogP contribution < -0.4 is 9.64 Å². The van der Waals surface area contributed by atoms with E-state index in [0.717, 1.165) is 39.7 Å². The van der Waals surface area contributed by atoms with Gasteiger partial charge in [-0.3, -0.25) is 0 Å². The number of benzene rings is 11. The van der Waals surface area contributed by atoms with Gasteiger partial charge in [0.2, 0.25) is 0 Å². The van der Waals surface area contributed by atoms with Crippen LogP contribution in [0.1, 0.15) is 22.3 Å². The van der Waals surface area contributed by atoms with Crippen molar-refractivity contribution in [3.63, 3.8) is 0 Å². The van der Waals surface area contributed by atoms with Crippen molar-refractivity contribution in [2.45, 2.75) is 5.41 Å². The standard InChI is InChI=1S/C61H38N2O/c1-3-21-44-39(15-1)17-13-30-54(44)62(42-33-35-57-49(37-42)47-24-6-9-29-56(47)63(57)55-31-14-18-40-16-2-4-22-45(40)55)43-34-36-59-53(38-43)61(51-27-8-10-32-58(51)64-59)50-26-7-5-23-46(50)48-25-11-19-41-20-12-28-52(61)60(41)48/h1-38H. The quantitative estimate of drug-likeness (QED) is 0.176. The third kappa shape index (κ3) is 4.76. The average Bonchev–Trinajstić information content (AvgIpc) is 3.69. The highest BCUT2D eigenvalue weighted by Crippen LogP contribution is 2.62. The zero-order valence-electron chi connectivity index (χ0n) is 34.7. The van der Waals surface area contributed by atoms with E-state index in [1.165, 1.54) is 82.1 Å². The number of hydrogen-bond donors (Lipinski definition) is 0. The van der Waals surface area contributed by atoms with Crippen LogP contribution in [0.15, 0.2) is 231 Å². The summed E-state index contributed by atoms with van der Waals surface area (Å²) in [6, 6.07) is 84.6. The van der Waals surface area contributed by atoms with E-state index in [0.29, 0.717) is 0 Å². The second kappa shape index (κ2) is 13.3. The van der Waals surface area contributed by atoms with Gasteiger partial charge in [0.15, 0.2) is 0 Å². The van der Waals surface area contributed by atoms with E-state index in [1.807, 2.05) is 0 Å². The third-order valence-electron chi connectivity index (χ3n) is 14.0. The van der Waals surface area contributed by atoms with E-state index >= 15 is 0 Å². The van der Waals surface area contributed by atoms with Gasteiger partial charge >= 0.3 is 0 Å². The summed E-state index contributed by atoms with van der Waals surface area (Å²) in [6.45, 7) is 0. The van der Waals surface area contributed by atoms with Crippen LogP contribution >= 0.6 is 0 Å². The fourth-order valence-corrected chi connectivity index (χ4v) is 11.4. The summed E-state index contributed by atoms with van der Waals surface area (Å²) in [7, 11) is 0. The summed E-state index contributed by atoms with van der Waals surface area (Å²) in [5, 5.41) is 9.75. The van der Waals surface area contributed by atoms with Crippen molar-refractivity contribution < 1.29 is 4.74 Å². The molecule has 2 aliphatic rings. The van der Waals surface area contributed by atoms with E-state index in [2.05, 4.69) is 240 Å². The molecule has 0 bridgehead atoms. The lowest BCUT2D eigenvalue weighted by Gasteiger charge is -2.45. The average molecular weight is 815 g/mol. The first-order valence-electron chi connectivity index (χ1n) is 22.1. The molecule has 1 unspecified atom stereocenters. The van der Waals surface area contributed by atoms with Crippen molar-refractivity contribution in [1.29, 1.82) is 0 Å². The molecule has 0 fully saturated rings. The molecule has 298 valence electrons. The number of para-hydroxylation sites is 2. The first-order valence-corrected chi connectivity index (χ1v) is 22.1. The molecule has 2 heterocycles. The van der Waals surface area contributed by atoms with Crippen molar-refractivity contribution in [3.05, 3.63) is 253 Å². The Morgan fingerprint density at radius 1 is 0.359 bits per heavy atom. The summed E-state index contributed by atoms with van der Waals surface area (Å²) in [5.41, 5.74) is 13.4. The van der Waals surface area contributed by atoms with Gasteiger partial charge < -0.3 is 14.2 Å². The monoisotopic (exact) mass is 814 g/mol. The molecule has 12 aromatic rings. The molecule has 3 heteroatoms. The fourth-order valence-electron chi connectivity index (χ4n) is 11.4. The minimum atomic E-state index is -0.662. The van der Waals surface area contributed by atoms with Crippen LogP contribution in [0.5, 0.6) is 11.5 Å². The van der Waals surface area contributed by atoms with Gasteiger partial charge in [-0.05, 0) is 104 Å². The van der Waals surface area contributed by atoms with Crippen LogP contribution in [0.25, 0.3) is 70.9 Å². The molecule has 0 N–H and O–H groups in total. The van der Waals surface area contributed by atoms with Crippen LogP contribution in [0.3, 0.4) is 0 Å². The maximum Gasteiger partial charge on any atom is 0.132 e. The molecule has 14 rings (SSSR count). The van der Waals surface area contributed by atoms with Crippen LogP contribution in [0.2, 0.25) is 0 Å². The molecular formula is C61H38N2O. The largest absolute Gasteiger partial charge is 0.457 e. The Balaban J connectivity index is 1.07. The Morgan fingerprint density at radius 2 is 0.938 bits per heavy atom. The lowest BCUT2D eigenvalue weighted by atomic mass is 9.58.